The molecule has 0 saturated carbocycles. The van der Waals surface area contributed by atoms with E-state index >= 15 is 0 Å². The van der Waals surface area contributed by atoms with Gasteiger partial charge in [0.15, 0.2) is 0 Å². The predicted octanol–water partition coefficient (Wildman–Crippen LogP) is 3.71. The molecule has 2 aromatic heterocycles. The molecule has 2 aliphatic heterocycles. The van der Waals surface area contributed by atoms with Crippen LogP contribution in [0.15, 0.2) is 36.7 Å². The number of hydrogen-bond donors (Lipinski definition) is 0. The number of rotatable bonds is 4. The smallest absolute Gasteiger partial charge is 0.323 e. The monoisotopic (exact) mass is 412 g/mol. The van der Waals surface area contributed by atoms with Gasteiger partial charge in [-0.2, -0.15) is 0 Å². The number of imidazole rings is 1. The van der Waals surface area contributed by atoms with Gasteiger partial charge in [0.25, 0.3) is 8.45 Å². The fourth-order valence-electron chi connectivity index (χ4n) is 4.88. The molecule has 3 aromatic rings. The van der Waals surface area contributed by atoms with E-state index in [1.807, 2.05) is 19.3 Å². The molecule has 29 heavy (non-hydrogen) atoms. The number of fused-ring (bicyclic) bond motifs is 5. The molecule has 1 aromatic carbocycles. The third kappa shape index (κ3) is 2.54. The molecule has 8 heteroatoms. The van der Waals surface area contributed by atoms with E-state index in [0.717, 1.165) is 11.3 Å². The Morgan fingerprint density at radius 2 is 2.14 bits per heavy atom. The van der Waals surface area contributed by atoms with Gasteiger partial charge in [0, 0.05) is 37.4 Å². The minimum Gasteiger partial charge on any atom is -0.465 e. The van der Waals surface area contributed by atoms with Crippen molar-refractivity contribution in [2.24, 2.45) is 0 Å². The van der Waals surface area contributed by atoms with Gasteiger partial charge in [-0.3, -0.25) is 18.4 Å². The molecule has 0 fully saturated rings. The van der Waals surface area contributed by atoms with Crippen LogP contribution in [0.3, 0.4) is 0 Å². The third-order valence-corrected chi connectivity index (χ3v) is 7.68. The molecule has 0 aliphatic carbocycles. The first kappa shape index (κ1) is 18.8. The first-order valence-electron chi connectivity index (χ1n) is 10.0. The molecule has 7 nitrogen and oxygen atoms in total. The number of carbonyl (C=O) groups excluding carboxylic acids is 1. The lowest BCUT2D eigenvalue weighted by molar-refractivity contribution is -0.152. The first-order chi connectivity index (χ1) is 14.1. The van der Waals surface area contributed by atoms with E-state index in [1.54, 1.807) is 7.11 Å². The van der Waals surface area contributed by atoms with Gasteiger partial charge in [-0.25, -0.2) is 4.98 Å². The van der Waals surface area contributed by atoms with Gasteiger partial charge in [0.2, 0.25) is 0 Å². The number of benzene rings is 1. The largest absolute Gasteiger partial charge is 0.465 e. The average molecular weight is 412 g/mol. The van der Waals surface area contributed by atoms with Crippen molar-refractivity contribution in [3.63, 3.8) is 0 Å². The zero-order chi connectivity index (χ0) is 20.3. The quantitative estimate of drug-likeness (QED) is 0.483. The Bertz CT molecular complexity index is 1090. The summed E-state index contributed by atoms with van der Waals surface area (Å²) >= 11 is 0. The van der Waals surface area contributed by atoms with Crippen LogP contribution in [0, 0.1) is 0 Å². The molecule has 5 rings (SSSR count). The zero-order valence-corrected chi connectivity index (χ0v) is 18.0. The molecule has 0 saturated heterocycles. The van der Waals surface area contributed by atoms with Crippen LogP contribution in [0.4, 0.5) is 0 Å². The number of hydrogen-bond acceptors (Lipinski definition) is 5. The molecule has 3 atom stereocenters. The molecule has 0 radical (unpaired) electrons. The average Bonchev–Trinajstić information content (AvgIpc) is 3.32. The second kappa shape index (κ2) is 6.94. The Morgan fingerprint density at radius 1 is 1.34 bits per heavy atom. The van der Waals surface area contributed by atoms with Crippen molar-refractivity contribution in [1.29, 1.82) is 0 Å². The fourth-order valence-corrected chi connectivity index (χ4v) is 6.70. The Morgan fingerprint density at radius 3 is 2.86 bits per heavy atom. The van der Waals surface area contributed by atoms with Crippen LogP contribution in [0.2, 0.25) is 0 Å². The van der Waals surface area contributed by atoms with E-state index in [1.165, 1.54) is 16.6 Å². The maximum atomic E-state index is 13.0. The van der Waals surface area contributed by atoms with Gasteiger partial charge < -0.3 is 9.26 Å². The predicted molar refractivity (Wildman–Crippen MR) is 112 cm³/mol. The van der Waals surface area contributed by atoms with E-state index in [2.05, 4.69) is 51.7 Å². The molecule has 0 bridgehead atoms. The number of aromatic nitrogens is 3. The number of para-hydroxylation sites is 1. The Balaban J connectivity index is 1.83. The summed E-state index contributed by atoms with van der Waals surface area (Å²) in [6, 6.07) is 8.08. The van der Waals surface area contributed by atoms with Crippen molar-refractivity contribution < 1.29 is 14.1 Å². The standard InChI is InChI=1S/C21H25N4O3P/c1-5-28-21(26)17-12-15-14-8-6-7-9-16(14)25-18(15)19(24(17)13(2)3)20-22-10-11-23(20)29(25)27-4/h6-11,13,17,19H,5,12H2,1-4H3/t17-,19-,29?/m0/s1. The van der Waals surface area contributed by atoms with E-state index in [9.17, 15) is 4.79 Å². The lowest BCUT2D eigenvalue weighted by Crippen LogP contribution is -2.53. The molecule has 4 heterocycles. The molecule has 0 spiro atoms. The van der Waals surface area contributed by atoms with E-state index in [0.29, 0.717) is 13.0 Å². The molecule has 1 unspecified atom stereocenters. The van der Waals surface area contributed by atoms with Gasteiger partial charge >= 0.3 is 5.97 Å². The van der Waals surface area contributed by atoms with Crippen molar-refractivity contribution >= 4 is 25.3 Å². The van der Waals surface area contributed by atoms with Crippen molar-refractivity contribution in [2.75, 3.05) is 13.7 Å². The van der Waals surface area contributed by atoms with Crippen LogP contribution in [0.1, 0.15) is 43.9 Å². The normalized spacial score (nSPS) is 23.3. The highest BCUT2D eigenvalue weighted by atomic mass is 31.2. The Hall–Kier alpha value is -2.21. The first-order valence-corrected chi connectivity index (χ1v) is 11.2. The van der Waals surface area contributed by atoms with Crippen LogP contribution in [0.25, 0.3) is 10.9 Å². The lowest BCUT2D eigenvalue weighted by atomic mass is 9.90. The van der Waals surface area contributed by atoms with Crippen LogP contribution in [0.5, 0.6) is 0 Å². The highest BCUT2D eigenvalue weighted by Gasteiger charge is 2.49. The summed E-state index contributed by atoms with van der Waals surface area (Å²) in [7, 11) is 0.663. The maximum Gasteiger partial charge on any atom is 0.323 e. The van der Waals surface area contributed by atoms with Crippen LogP contribution in [-0.2, 0) is 20.5 Å². The van der Waals surface area contributed by atoms with Crippen molar-refractivity contribution in [1.82, 2.24) is 18.6 Å². The van der Waals surface area contributed by atoms with Crippen LogP contribution in [-0.4, -0.2) is 50.3 Å². The van der Waals surface area contributed by atoms with Crippen molar-refractivity contribution in [2.45, 2.75) is 45.3 Å². The van der Waals surface area contributed by atoms with E-state index in [-0.39, 0.29) is 24.1 Å². The third-order valence-electron chi connectivity index (χ3n) is 5.88. The highest BCUT2D eigenvalue weighted by Crippen LogP contribution is 2.56. The Labute approximate surface area is 171 Å². The van der Waals surface area contributed by atoms with Crippen LogP contribution >= 0.6 is 8.45 Å². The zero-order valence-electron chi connectivity index (χ0n) is 17.1. The van der Waals surface area contributed by atoms with E-state index < -0.39 is 8.45 Å². The SMILES string of the molecule is CCOC(=O)[C@@H]1Cc2c3n(c4ccccc24)P(OC)n2ccnc2[C@H]3N1C(C)C. The van der Waals surface area contributed by atoms with Gasteiger partial charge in [0.05, 0.1) is 17.8 Å². The minimum absolute atomic E-state index is 0.121. The minimum atomic E-state index is -1.09. The van der Waals surface area contributed by atoms with Crippen LogP contribution < -0.4 is 0 Å². The van der Waals surface area contributed by atoms with Gasteiger partial charge in [-0.1, -0.05) is 18.2 Å². The summed E-state index contributed by atoms with van der Waals surface area (Å²) < 4.78 is 15.9. The molecular formula is C21H25N4O3P. The molecule has 0 N–H and O–H groups in total. The van der Waals surface area contributed by atoms with Gasteiger partial charge in [-0.05, 0) is 32.4 Å². The summed E-state index contributed by atoms with van der Waals surface area (Å²) in [5.74, 6) is 0.763. The van der Waals surface area contributed by atoms with Crippen molar-refractivity contribution in [3.05, 3.63) is 53.7 Å². The molecule has 0 amide bonds. The van der Waals surface area contributed by atoms with Gasteiger partial charge in [-0.15, -0.1) is 0 Å². The molecule has 152 valence electrons. The second-order valence-electron chi connectivity index (χ2n) is 7.67. The molecule has 2 aliphatic rings. The summed E-state index contributed by atoms with van der Waals surface area (Å²) in [5.41, 5.74) is 3.55. The number of nitrogens with zero attached hydrogens (tertiary/aromatic N) is 4. The Kier molecular flexibility index (Phi) is 4.50. The lowest BCUT2D eigenvalue weighted by Gasteiger charge is -2.46. The van der Waals surface area contributed by atoms with E-state index in [4.69, 9.17) is 14.2 Å². The van der Waals surface area contributed by atoms with Gasteiger partial charge in [0.1, 0.15) is 17.9 Å². The second-order valence-corrected chi connectivity index (χ2v) is 9.38. The van der Waals surface area contributed by atoms with Crippen molar-refractivity contribution in [3.8, 4) is 0 Å². The number of esters is 1. The number of ether oxygens (including phenoxy) is 1. The summed E-state index contributed by atoms with van der Waals surface area (Å²) in [6.07, 6.45) is 4.43. The highest BCUT2D eigenvalue weighted by molar-refractivity contribution is 7.49. The fraction of sp³-hybridized carbons (Fsp3) is 0.429. The summed E-state index contributed by atoms with van der Waals surface area (Å²) in [4.78, 5) is 20.0. The topological polar surface area (TPSA) is 61.5 Å². The number of carbonyl (C=O) groups is 1. The summed E-state index contributed by atoms with van der Waals surface area (Å²) in [6.45, 7) is 6.50. The summed E-state index contributed by atoms with van der Waals surface area (Å²) in [5, 5.41) is 1.18. The maximum absolute atomic E-state index is 13.0. The molecular weight excluding hydrogens is 387 g/mol.